The summed E-state index contributed by atoms with van der Waals surface area (Å²) in [7, 11) is 0. The lowest BCUT2D eigenvalue weighted by Crippen LogP contribution is -2.51. The molecule has 2 saturated heterocycles. The number of nitrogens with zero attached hydrogens (tertiary/aromatic N) is 1. The maximum atomic E-state index is 12.1. The van der Waals surface area contributed by atoms with Crippen molar-refractivity contribution in [1.29, 1.82) is 0 Å². The van der Waals surface area contributed by atoms with Crippen LogP contribution in [0.4, 0.5) is 0 Å². The van der Waals surface area contributed by atoms with Crippen LogP contribution in [-0.2, 0) is 22.6 Å². The van der Waals surface area contributed by atoms with Crippen LogP contribution in [0.1, 0.15) is 36.8 Å². The van der Waals surface area contributed by atoms with Gasteiger partial charge in [0, 0.05) is 19.6 Å². The second-order valence-electron chi connectivity index (χ2n) is 6.81. The summed E-state index contributed by atoms with van der Waals surface area (Å²) in [6.45, 7) is 5.92. The number of benzene rings is 1. The fourth-order valence-corrected chi connectivity index (χ4v) is 3.36. The summed E-state index contributed by atoms with van der Waals surface area (Å²) in [5, 5.41) is 6.16. The largest absolute Gasteiger partial charge is 0.378 e. The minimum absolute atomic E-state index is 0.0170. The molecular formula is C19H29N3O2. The average Bonchev–Trinajstić information content (AvgIpc) is 2.90. The van der Waals surface area contributed by atoms with Gasteiger partial charge >= 0.3 is 0 Å². The number of ether oxygens (including phenoxy) is 1. The molecule has 0 bridgehead atoms. The maximum absolute atomic E-state index is 12.1. The molecule has 1 unspecified atom stereocenters. The van der Waals surface area contributed by atoms with E-state index in [1.54, 1.807) is 0 Å². The highest BCUT2D eigenvalue weighted by molar-refractivity contribution is 5.81. The van der Waals surface area contributed by atoms with Crippen LogP contribution in [0.3, 0.4) is 0 Å². The molecule has 5 heteroatoms. The van der Waals surface area contributed by atoms with E-state index >= 15 is 0 Å². The molecule has 2 aliphatic heterocycles. The first-order valence-corrected chi connectivity index (χ1v) is 9.20. The molecule has 5 nitrogen and oxygen atoms in total. The minimum Gasteiger partial charge on any atom is -0.378 e. The molecule has 2 N–H and O–H groups in total. The zero-order valence-electron chi connectivity index (χ0n) is 14.4. The van der Waals surface area contributed by atoms with Gasteiger partial charge in [0.1, 0.15) is 6.04 Å². The van der Waals surface area contributed by atoms with Gasteiger partial charge in [0.05, 0.1) is 13.2 Å². The van der Waals surface area contributed by atoms with Crippen molar-refractivity contribution in [3.05, 3.63) is 35.4 Å². The standard InChI is InChI=1S/C19H29N3O2/c23-19(18-15-24-12-9-20-18)21-13-16-5-7-17(8-6-16)14-22-10-3-1-2-4-11-22/h5-8,18,20H,1-4,9-15H2,(H,21,23). The van der Waals surface area contributed by atoms with E-state index in [9.17, 15) is 4.79 Å². The molecule has 2 aliphatic rings. The van der Waals surface area contributed by atoms with E-state index in [2.05, 4.69) is 39.8 Å². The van der Waals surface area contributed by atoms with Gasteiger partial charge in [-0.3, -0.25) is 9.69 Å². The topological polar surface area (TPSA) is 53.6 Å². The van der Waals surface area contributed by atoms with Crippen molar-refractivity contribution in [2.24, 2.45) is 0 Å². The van der Waals surface area contributed by atoms with Crippen LogP contribution >= 0.6 is 0 Å². The van der Waals surface area contributed by atoms with Crippen molar-refractivity contribution in [3.8, 4) is 0 Å². The fraction of sp³-hybridized carbons (Fsp3) is 0.632. The first-order valence-electron chi connectivity index (χ1n) is 9.20. The van der Waals surface area contributed by atoms with Crippen LogP contribution in [0.5, 0.6) is 0 Å². The Morgan fingerprint density at radius 2 is 1.83 bits per heavy atom. The molecule has 0 spiro atoms. The molecule has 2 fully saturated rings. The zero-order chi connectivity index (χ0) is 16.6. The first kappa shape index (κ1) is 17.4. The zero-order valence-corrected chi connectivity index (χ0v) is 14.4. The van der Waals surface area contributed by atoms with Gasteiger partial charge in [-0.25, -0.2) is 0 Å². The van der Waals surface area contributed by atoms with Crippen LogP contribution < -0.4 is 10.6 Å². The number of hydrogen-bond donors (Lipinski definition) is 2. The Balaban J connectivity index is 1.44. The summed E-state index contributed by atoms with van der Waals surface area (Å²) in [6, 6.07) is 8.40. The Morgan fingerprint density at radius 3 is 2.50 bits per heavy atom. The Morgan fingerprint density at radius 1 is 1.12 bits per heavy atom. The van der Waals surface area contributed by atoms with E-state index in [0.29, 0.717) is 19.8 Å². The number of nitrogens with one attached hydrogen (secondary N) is 2. The molecule has 24 heavy (non-hydrogen) atoms. The maximum Gasteiger partial charge on any atom is 0.239 e. The predicted molar refractivity (Wildman–Crippen MR) is 94.6 cm³/mol. The third-order valence-corrected chi connectivity index (χ3v) is 4.83. The number of carbonyl (C=O) groups excluding carboxylic acids is 1. The van der Waals surface area contributed by atoms with Gasteiger partial charge in [-0.2, -0.15) is 0 Å². The van der Waals surface area contributed by atoms with Crippen molar-refractivity contribution in [2.75, 3.05) is 32.8 Å². The summed E-state index contributed by atoms with van der Waals surface area (Å²) in [5.74, 6) is 0.0170. The van der Waals surface area contributed by atoms with Crippen molar-refractivity contribution in [2.45, 2.75) is 44.8 Å². The molecule has 0 saturated carbocycles. The van der Waals surface area contributed by atoms with Gasteiger partial charge in [0.25, 0.3) is 0 Å². The molecule has 1 amide bonds. The number of amides is 1. The molecular weight excluding hydrogens is 302 g/mol. The Hall–Kier alpha value is -1.43. The van der Waals surface area contributed by atoms with Gasteiger partial charge in [0.2, 0.25) is 5.91 Å². The lowest BCUT2D eigenvalue weighted by atomic mass is 10.1. The molecule has 0 aromatic heterocycles. The van der Waals surface area contributed by atoms with Crippen LogP contribution in [0.25, 0.3) is 0 Å². The van der Waals surface area contributed by atoms with Crippen molar-refractivity contribution >= 4 is 5.91 Å². The Labute approximate surface area is 144 Å². The van der Waals surface area contributed by atoms with Crippen molar-refractivity contribution in [3.63, 3.8) is 0 Å². The second kappa shape index (κ2) is 9.16. The lowest BCUT2D eigenvalue weighted by Gasteiger charge is -2.23. The Kier molecular flexibility index (Phi) is 6.64. The monoisotopic (exact) mass is 331 g/mol. The van der Waals surface area contributed by atoms with E-state index in [0.717, 1.165) is 18.7 Å². The average molecular weight is 331 g/mol. The number of rotatable bonds is 5. The number of likely N-dealkylation sites (tertiary alicyclic amines) is 1. The molecule has 1 aromatic carbocycles. The van der Waals surface area contributed by atoms with Gasteiger partial charge < -0.3 is 15.4 Å². The quantitative estimate of drug-likeness (QED) is 0.862. The minimum atomic E-state index is -0.221. The van der Waals surface area contributed by atoms with Gasteiger partial charge in [0.15, 0.2) is 0 Å². The summed E-state index contributed by atoms with van der Waals surface area (Å²) >= 11 is 0. The van der Waals surface area contributed by atoms with Gasteiger partial charge in [-0.15, -0.1) is 0 Å². The van der Waals surface area contributed by atoms with E-state index in [1.807, 2.05) is 0 Å². The van der Waals surface area contributed by atoms with Crippen LogP contribution in [-0.4, -0.2) is 49.7 Å². The lowest BCUT2D eigenvalue weighted by molar-refractivity contribution is -0.126. The predicted octanol–water partition coefficient (Wildman–Crippen LogP) is 1.67. The summed E-state index contributed by atoms with van der Waals surface area (Å²) in [5.41, 5.74) is 2.49. The third kappa shape index (κ3) is 5.30. The smallest absolute Gasteiger partial charge is 0.239 e. The van der Waals surface area contributed by atoms with Crippen molar-refractivity contribution in [1.82, 2.24) is 15.5 Å². The SMILES string of the molecule is O=C(NCc1ccc(CN2CCCCCC2)cc1)C1COCCN1. The Bertz CT molecular complexity index is 504. The molecule has 0 aliphatic carbocycles. The first-order chi connectivity index (χ1) is 11.8. The number of hydrogen-bond acceptors (Lipinski definition) is 4. The van der Waals surface area contributed by atoms with Crippen molar-refractivity contribution < 1.29 is 9.53 Å². The van der Waals surface area contributed by atoms with Crippen LogP contribution in [0.15, 0.2) is 24.3 Å². The highest BCUT2D eigenvalue weighted by Crippen LogP contribution is 2.14. The van der Waals surface area contributed by atoms with E-state index in [-0.39, 0.29) is 11.9 Å². The van der Waals surface area contributed by atoms with Gasteiger partial charge in [-0.05, 0) is 37.1 Å². The third-order valence-electron chi connectivity index (χ3n) is 4.83. The highest BCUT2D eigenvalue weighted by atomic mass is 16.5. The molecule has 0 radical (unpaired) electrons. The summed E-state index contributed by atoms with van der Waals surface area (Å²) in [4.78, 5) is 14.6. The van der Waals surface area contributed by atoms with Crippen LogP contribution in [0, 0.1) is 0 Å². The molecule has 2 heterocycles. The molecule has 1 atom stereocenters. The number of morpholine rings is 1. The van der Waals surface area contributed by atoms with E-state index in [1.165, 1.54) is 44.3 Å². The molecule has 3 rings (SSSR count). The normalized spacial score (nSPS) is 22.8. The molecule has 1 aromatic rings. The van der Waals surface area contributed by atoms with E-state index < -0.39 is 0 Å². The second-order valence-corrected chi connectivity index (χ2v) is 6.81. The van der Waals surface area contributed by atoms with E-state index in [4.69, 9.17) is 4.74 Å². The van der Waals surface area contributed by atoms with Crippen LogP contribution in [0.2, 0.25) is 0 Å². The summed E-state index contributed by atoms with van der Waals surface area (Å²) in [6.07, 6.45) is 5.39. The van der Waals surface area contributed by atoms with Gasteiger partial charge in [-0.1, -0.05) is 37.1 Å². The highest BCUT2D eigenvalue weighted by Gasteiger charge is 2.20. The fourth-order valence-electron chi connectivity index (χ4n) is 3.36. The summed E-state index contributed by atoms with van der Waals surface area (Å²) < 4.78 is 5.32. The molecule has 132 valence electrons. The number of carbonyl (C=O) groups is 1.